The molecule has 0 radical (unpaired) electrons. The van der Waals surface area contributed by atoms with Crippen LogP contribution in [-0.2, 0) is 14.3 Å². The Bertz CT molecular complexity index is 1180. The van der Waals surface area contributed by atoms with E-state index in [0.29, 0.717) is 25.9 Å². The molecule has 1 amide bonds. The molecule has 0 aliphatic heterocycles. The zero-order valence-corrected chi connectivity index (χ0v) is 49.1. The lowest BCUT2D eigenvalue weighted by molar-refractivity contribution is -0.143. The van der Waals surface area contributed by atoms with Gasteiger partial charge in [-0.2, -0.15) is 0 Å². The minimum atomic E-state index is -0.660. The number of ether oxygens (including phenoxy) is 1. The van der Waals surface area contributed by atoms with Gasteiger partial charge >= 0.3 is 5.97 Å². The smallest absolute Gasteiger partial charge is 0.305 e. The van der Waals surface area contributed by atoms with Gasteiger partial charge in [0, 0.05) is 12.8 Å². The number of carbonyl (C=O) groups is 2. The Balaban J connectivity index is 3.33. The SMILES string of the molecule is CCCCC/C=C\C/C=C\CCCCCCCC(=O)OCCCCCCCCCCCCCC/C=C\CCCCCCCCCCCCCCCCCCC(=O)NC(CO)C(O)CCCCCCCCCCC. The van der Waals surface area contributed by atoms with Crippen LogP contribution in [0.25, 0.3) is 0 Å². The topological polar surface area (TPSA) is 95.9 Å². The number of hydrogen-bond donors (Lipinski definition) is 3. The monoisotopic (exact) mass is 1030 g/mol. The number of hydrogen-bond acceptors (Lipinski definition) is 5. The highest BCUT2D eigenvalue weighted by Gasteiger charge is 2.20. The lowest BCUT2D eigenvalue weighted by atomic mass is 10.0. The molecular formula is C67H127NO5. The molecule has 0 rings (SSSR count). The molecule has 0 saturated heterocycles. The van der Waals surface area contributed by atoms with Crippen LogP contribution < -0.4 is 5.32 Å². The first kappa shape index (κ1) is 71.1. The standard InChI is InChI=1S/C67H127NO5/c1-3-5-7-9-11-13-14-15-34-38-41-45-49-53-57-61-67(72)73-62-58-54-50-46-42-39-36-33-31-29-27-25-23-21-19-17-16-18-20-22-24-26-28-30-32-35-37-40-44-48-52-56-60-66(71)68-64(63-69)65(70)59-55-51-47-43-12-10-8-6-4-2/h11,13,15,19,21,34,64-65,69-70H,3-10,12,14,16-18,20,22-33,35-63H2,1-2H3,(H,68,71)/b13-11-,21-19-,34-15-. The highest BCUT2D eigenvalue weighted by Crippen LogP contribution is 2.18. The van der Waals surface area contributed by atoms with Crippen LogP contribution in [0.15, 0.2) is 36.5 Å². The Hall–Kier alpha value is -1.92. The van der Waals surface area contributed by atoms with E-state index in [1.54, 1.807) is 0 Å². The van der Waals surface area contributed by atoms with E-state index in [4.69, 9.17) is 4.74 Å². The zero-order chi connectivity index (χ0) is 52.9. The first-order chi connectivity index (χ1) is 36.0. The van der Waals surface area contributed by atoms with Crippen molar-refractivity contribution in [3.63, 3.8) is 0 Å². The van der Waals surface area contributed by atoms with Crippen molar-refractivity contribution in [1.29, 1.82) is 0 Å². The van der Waals surface area contributed by atoms with Crippen molar-refractivity contribution in [2.75, 3.05) is 13.2 Å². The quantitative estimate of drug-likeness (QED) is 0.0320. The van der Waals surface area contributed by atoms with Gasteiger partial charge in [-0.25, -0.2) is 0 Å². The van der Waals surface area contributed by atoms with E-state index in [1.165, 1.54) is 270 Å². The Labute approximate surface area is 455 Å². The molecule has 3 N–H and O–H groups in total. The summed E-state index contributed by atoms with van der Waals surface area (Å²) in [5, 5.41) is 23.1. The van der Waals surface area contributed by atoms with Crippen molar-refractivity contribution in [2.24, 2.45) is 0 Å². The third kappa shape index (κ3) is 59.2. The molecule has 0 aromatic carbocycles. The summed E-state index contributed by atoms with van der Waals surface area (Å²) < 4.78 is 5.48. The summed E-state index contributed by atoms with van der Waals surface area (Å²) in [6.07, 6.45) is 79.1. The van der Waals surface area contributed by atoms with Crippen LogP contribution in [0.2, 0.25) is 0 Å². The molecule has 6 nitrogen and oxygen atoms in total. The number of unbranched alkanes of at least 4 members (excludes halogenated alkanes) is 44. The molecule has 0 saturated carbocycles. The second-order valence-electron chi connectivity index (χ2n) is 22.4. The van der Waals surface area contributed by atoms with Crippen molar-refractivity contribution in [1.82, 2.24) is 5.32 Å². The van der Waals surface area contributed by atoms with Gasteiger partial charge in [0.15, 0.2) is 0 Å². The van der Waals surface area contributed by atoms with Gasteiger partial charge in [0.1, 0.15) is 0 Å². The van der Waals surface area contributed by atoms with E-state index in [0.717, 1.165) is 51.4 Å². The first-order valence-corrected chi connectivity index (χ1v) is 32.7. The molecule has 0 heterocycles. The zero-order valence-electron chi connectivity index (χ0n) is 49.1. The van der Waals surface area contributed by atoms with Crippen LogP contribution in [0, 0.1) is 0 Å². The molecule has 0 bridgehead atoms. The van der Waals surface area contributed by atoms with Crippen LogP contribution in [-0.4, -0.2) is 47.4 Å². The summed E-state index contributed by atoms with van der Waals surface area (Å²) in [6, 6.07) is -0.537. The summed E-state index contributed by atoms with van der Waals surface area (Å²) >= 11 is 0. The van der Waals surface area contributed by atoms with Crippen molar-refractivity contribution < 1.29 is 24.5 Å². The fourth-order valence-electron chi connectivity index (χ4n) is 10.1. The summed E-state index contributed by atoms with van der Waals surface area (Å²) in [5.41, 5.74) is 0. The molecule has 0 aromatic rings. The van der Waals surface area contributed by atoms with E-state index in [9.17, 15) is 19.8 Å². The molecule has 430 valence electrons. The molecular weight excluding hydrogens is 899 g/mol. The maximum Gasteiger partial charge on any atom is 0.305 e. The number of nitrogens with one attached hydrogen (secondary N) is 1. The summed E-state index contributed by atoms with van der Waals surface area (Å²) in [4.78, 5) is 24.5. The Morgan fingerprint density at radius 1 is 0.384 bits per heavy atom. The molecule has 0 aliphatic rings. The van der Waals surface area contributed by atoms with E-state index in [-0.39, 0.29) is 18.5 Å². The highest BCUT2D eigenvalue weighted by molar-refractivity contribution is 5.76. The molecule has 0 aliphatic carbocycles. The number of amides is 1. The number of aliphatic hydroxyl groups is 2. The molecule has 0 spiro atoms. The number of esters is 1. The molecule has 2 atom stereocenters. The molecule has 6 heteroatoms. The second-order valence-corrected chi connectivity index (χ2v) is 22.4. The van der Waals surface area contributed by atoms with Gasteiger partial charge in [-0.15, -0.1) is 0 Å². The van der Waals surface area contributed by atoms with E-state index < -0.39 is 12.1 Å². The molecule has 0 fully saturated rings. The van der Waals surface area contributed by atoms with Gasteiger partial charge in [0.2, 0.25) is 5.91 Å². The van der Waals surface area contributed by atoms with Crippen LogP contribution >= 0.6 is 0 Å². The van der Waals surface area contributed by atoms with Crippen LogP contribution in [0.4, 0.5) is 0 Å². The van der Waals surface area contributed by atoms with Crippen molar-refractivity contribution in [2.45, 2.75) is 366 Å². The van der Waals surface area contributed by atoms with Crippen LogP contribution in [0.1, 0.15) is 354 Å². The number of carbonyl (C=O) groups excluding carboxylic acids is 2. The average molecular weight is 1030 g/mol. The minimum Gasteiger partial charge on any atom is -0.466 e. The Kier molecular flexibility index (Phi) is 61.0. The van der Waals surface area contributed by atoms with Gasteiger partial charge in [-0.1, -0.05) is 294 Å². The third-order valence-electron chi connectivity index (χ3n) is 15.2. The van der Waals surface area contributed by atoms with E-state index in [2.05, 4.69) is 55.6 Å². The van der Waals surface area contributed by atoms with E-state index >= 15 is 0 Å². The largest absolute Gasteiger partial charge is 0.466 e. The minimum absolute atomic E-state index is 0.00411. The van der Waals surface area contributed by atoms with Gasteiger partial charge in [0.25, 0.3) is 0 Å². The third-order valence-corrected chi connectivity index (χ3v) is 15.2. The summed E-state index contributed by atoms with van der Waals surface area (Å²) in [6.45, 7) is 4.92. The fourth-order valence-corrected chi connectivity index (χ4v) is 10.1. The summed E-state index contributed by atoms with van der Waals surface area (Å²) in [5.74, 6) is -0.0297. The first-order valence-electron chi connectivity index (χ1n) is 32.7. The second kappa shape index (κ2) is 62.6. The lowest BCUT2D eigenvalue weighted by Gasteiger charge is -2.22. The van der Waals surface area contributed by atoms with Crippen molar-refractivity contribution in [3.05, 3.63) is 36.5 Å². The maximum absolute atomic E-state index is 12.4. The highest BCUT2D eigenvalue weighted by atomic mass is 16.5. The predicted octanol–water partition coefficient (Wildman–Crippen LogP) is 20.8. The fraction of sp³-hybridized carbons (Fsp3) is 0.881. The van der Waals surface area contributed by atoms with Crippen LogP contribution in [0.3, 0.4) is 0 Å². The van der Waals surface area contributed by atoms with Crippen LogP contribution in [0.5, 0.6) is 0 Å². The average Bonchev–Trinajstić information content (AvgIpc) is 3.39. The normalized spacial score (nSPS) is 12.8. The van der Waals surface area contributed by atoms with E-state index in [1.807, 2.05) is 0 Å². The van der Waals surface area contributed by atoms with Gasteiger partial charge < -0.3 is 20.3 Å². The Morgan fingerprint density at radius 2 is 0.685 bits per heavy atom. The number of aliphatic hydroxyl groups excluding tert-OH is 2. The van der Waals surface area contributed by atoms with Gasteiger partial charge in [0.05, 0.1) is 25.4 Å². The number of allylic oxidation sites excluding steroid dienone is 6. The molecule has 2 unspecified atom stereocenters. The predicted molar refractivity (Wildman–Crippen MR) is 319 cm³/mol. The van der Waals surface area contributed by atoms with Gasteiger partial charge in [-0.3, -0.25) is 9.59 Å². The lowest BCUT2D eigenvalue weighted by Crippen LogP contribution is -2.45. The Morgan fingerprint density at radius 3 is 1.08 bits per heavy atom. The van der Waals surface area contributed by atoms with Gasteiger partial charge in [-0.05, 0) is 83.5 Å². The van der Waals surface area contributed by atoms with Crippen molar-refractivity contribution >= 4 is 11.9 Å². The maximum atomic E-state index is 12.4. The van der Waals surface area contributed by atoms with Crippen molar-refractivity contribution in [3.8, 4) is 0 Å². The molecule has 0 aromatic heterocycles. The number of rotatable bonds is 61. The summed E-state index contributed by atoms with van der Waals surface area (Å²) in [7, 11) is 0. The molecule has 73 heavy (non-hydrogen) atoms.